The van der Waals surface area contributed by atoms with Gasteiger partial charge >= 0.3 is 0 Å². The maximum Gasteiger partial charge on any atom is 0.197 e. The molecule has 19 heavy (non-hydrogen) atoms. The van der Waals surface area contributed by atoms with Gasteiger partial charge in [-0.1, -0.05) is 18.2 Å². The Kier molecular flexibility index (Phi) is 3.91. The van der Waals surface area contributed by atoms with Gasteiger partial charge in [-0.05, 0) is 46.8 Å². The van der Waals surface area contributed by atoms with Crippen molar-refractivity contribution < 1.29 is 16.8 Å². The number of hydrogen-bond donors (Lipinski definition) is 0. The summed E-state index contributed by atoms with van der Waals surface area (Å²) in [6.07, 6.45) is 0. The smallest absolute Gasteiger partial charge is 0.197 e. The van der Waals surface area contributed by atoms with E-state index in [1.54, 1.807) is 18.2 Å². The van der Waals surface area contributed by atoms with Gasteiger partial charge in [-0.3, -0.25) is 0 Å². The zero-order chi connectivity index (χ0) is 15.1. The zero-order valence-corrected chi connectivity index (χ0v) is 13.5. The number of sulfone groups is 2. The van der Waals surface area contributed by atoms with E-state index in [-0.39, 0.29) is 4.90 Å². The zero-order valence-electron chi connectivity index (χ0n) is 11.8. The SMILES string of the molecule is CC(C)(C)S(=O)(=O)C(C)(C)S(=O)(=O)c1ccccc1. The van der Waals surface area contributed by atoms with Crippen molar-refractivity contribution in [1.29, 1.82) is 0 Å². The van der Waals surface area contributed by atoms with Crippen LogP contribution in [-0.4, -0.2) is 25.7 Å². The second-order valence-corrected chi connectivity index (χ2v) is 11.8. The number of rotatable bonds is 3. The molecule has 108 valence electrons. The van der Waals surface area contributed by atoms with Gasteiger partial charge in [-0.15, -0.1) is 0 Å². The molecule has 0 saturated heterocycles. The van der Waals surface area contributed by atoms with Crippen molar-refractivity contribution in [3.05, 3.63) is 30.3 Å². The van der Waals surface area contributed by atoms with Crippen molar-refractivity contribution >= 4 is 19.7 Å². The van der Waals surface area contributed by atoms with Gasteiger partial charge in [-0.25, -0.2) is 16.8 Å². The number of benzene rings is 1. The predicted molar refractivity (Wildman–Crippen MR) is 76.4 cm³/mol. The summed E-state index contributed by atoms with van der Waals surface area (Å²) < 4.78 is 47.1. The van der Waals surface area contributed by atoms with Gasteiger partial charge in [0.2, 0.25) is 0 Å². The minimum absolute atomic E-state index is 0.0211. The summed E-state index contributed by atoms with van der Waals surface area (Å²) in [6.45, 7) is 7.01. The van der Waals surface area contributed by atoms with Crippen LogP contribution in [0.3, 0.4) is 0 Å². The lowest BCUT2D eigenvalue weighted by Crippen LogP contribution is -2.49. The molecule has 0 heterocycles. The molecule has 6 heteroatoms. The van der Waals surface area contributed by atoms with Crippen LogP contribution >= 0.6 is 0 Å². The lowest BCUT2D eigenvalue weighted by molar-refractivity contribution is 0.530. The first kappa shape index (κ1) is 16.2. The Morgan fingerprint density at radius 2 is 1.21 bits per heavy atom. The monoisotopic (exact) mass is 304 g/mol. The molecule has 0 bridgehead atoms. The molecule has 0 aliphatic heterocycles. The maximum absolute atomic E-state index is 12.6. The molecule has 0 radical (unpaired) electrons. The van der Waals surface area contributed by atoms with Crippen LogP contribution in [-0.2, 0) is 19.7 Å². The van der Waals surface area contributed by atoms with Crippen LogP contribution in [0.1, 0.15) is 34.6 Å². The average Bonchev–Trinajstić information content (AvgIpc) is 2.28. The highest BCUT2D eigenvalue weighted by molar-refractivity contribution is 8.10. The van der Waals surface area contributed by atoms with E-state index in [0.717, 1.165) is 0 Å². The molecule has 0 N–H and O–H groups in total. The first-order chi connectivity index (χ1) is 8.36. The molecule has 4 nitrogen and oxygen atoms in total. The summed E-state index contributed by atoms with van der Waals surface area (Å²) in [5.74, 6) is 0. The van der Waals surface area contributed by atoms with E-state index in [9.17, 15) is 16.8 Å². The van der Waals surface area contributed by atoms with Gasteiger partial charge in [0.05, 0.1) is 9.64 Å². The van der Waals surface area contributed by atoms with Crippen molar-refractivity contribution in [1.82, 2.24) is 0 Å². The summed E-state index contributed by atoms with van der Waals surface area (Å²) in [4.78, 5) is 0.0211. The van der Waals surface area contributed by atoms with Crippen molar-refractivity contribution in [2.24, 2.45) is 0 Å². The van der Waals surface area contributed by atoms with Crippen molar-refractivity contribution in [3.8, 4) is 0 Å². The Morgan fingerprint density at radius 3 is 1.58 bits per heavy atom. The topological polar surface area (TPSA) is 68.3 Å². The molecule has 1 aromatic carbocycles. The molecule has 1 aromatic rings. The summed E-state index contributed by atoms with van der Waals surface area (Å²) in [5.41, 5.74) is 0. The molecule has 0 fully saturated rings. The molecule has 0 spiro atoms. The van der Waals surface area contributed by atoms with Crippen molar-refractivity contribution in [2.75, 3.05) is 0 Å². The van der Waals surface area contributed by atoms with Gasteiger partial charge in [0.15, 0.2) is 23.8 Å². The molecular weight excluding hydrogens is 284 g/mol. The molecule has 0 atom stereocenters. The second kappa shape index (κ2) is 4.59. The third-order valence-corrected chi connectivity index (χ3v) is 9.56. The minimum atomic E-state index is -3.97. The second-order valence-electron chi connectivity index (χ2n) is 5.83. The fourth-order valence-electron chi connectivity index (χ4n) is 1.77. The van der Waals surface area contributed by atoms with E-state index in [2.05, 4.69) is 0 Å². The Labute approximate surface area is 115 Å². The Hall–Kier alpha value is -0.880. The molecule has 0 aliphatic carbocycles. The quantitative estimate of drug-likeness (QED) is 0.860. The third-order valence-electron chi connectivity index (χ3n) is 3.15. The van der Waals surface area contributed by atoms with E-state index >= 15 is 0 Å². The lowest BCUT2D eigenvalue weighted by Gasteiger charge is -2.32. The lowest BCUT2D eigenvalue weighted by atomic mass is 10.3. The van der Waals surface area contributed by atoms with Gasteiger partial charge in [0.25, 0.3) is 0 Å². The first-order valence-corrected chi connectivity index (χ1v) is 8.86. The first-order valence-electron chi connectivity index (χ1n) is 5.89. The summed E-state index contributed by atoms with van der Waals surface area (Å²) >= 11 is 0. The molecule has 0 amide bonds. The van der Waals surface area contributed by atoms with Crippen LogP contribution < -0.4 is 0 Å². The van der Waals surface area contributed by atoms with Crippen LogP contribution in [0.4, 0.5) is 0 Å². The van der Waals surface area contributed by atoms with Gasteiger partial charge < -0.3 is 0 Å². The molecule has 0 aliphatic rings. The predicted octanol–water partition coefficient (Wildman–Crippen LogP) is 2.41. The highest BCUT2D eigenvalue weighted by Crippen LogP contribution is 2.36. The normalized spacial score (nSPS) is 14.4. The van der Waals surface area contributed by atoms with Gasteiger partial charge in [-0.2, -0.15) is 0 Å². The molecule has 0 unspecified atom stereocenters. The van der Waals surface area contributed by atoms with Crippen LogP contribution in [0.5, 0.6) is 0 Å². The Bertz CT molecular complexity index is 648. The van der Waals surface area contributed by atoms with Crippen LogP contribution in [0.15, 0.2) is 35.2 Å². The fourth-order valence-corrected chi connectivity index (χ4v) is 6.52. The van der Waals surface area contributed by atoms with E-state index < -0.39 is 28.5 Å². The minimum Gasteiger partial charge on any atom is -0.227 e. The number of hydrogen-bond acceptors (Lipinski definition) is 4. The van der Waals surface area contributed by atoms with Crippen LogP contribution in [0.25, 0.3) is 0 Å². The molecule has 0 aromatic heterocycles. The van der Waals surface area contributed by atoms with E-state index in [1.807, 2.05) is 0 Å². The summed E-state index contributed by atoms with van der Waals surface area (Å²) in [5, 5.41) is 0. The van der Waals surface area contributed by atoms with E-state index in [1.165, 1.54) is 46.8 Å². The van der Waals surface area contributed by atoms with Crippen molar-refractivity contribution in [2.45, 2.75) is 48.3 Å². The fraction of sp³-hybridized carbons (Fsp3) is 0.538. The summed E-state index contributed by atoms with van der Waals surface area (Å²) in [7, 11) is -7.84. The highest BCUT2D eigenvalue weighted by Gasteiger charge is 2.52. The standard InChI is InChI=1S/C13H20O4S2/c1-12(2,3)19(16,17)13(4,5)18(14,15)11-9-7-6-8-10-11/h6-10H,1-5H3. The van der Waals surface area contributed by atoms with Crippen LogP contribution in [0.2, 0.25) is 0 Å². The molecular formula is C13H20O4S2. The van der Waals surface area contributed by atoms with E-state index in [4.69, 9.17) is 0 Å². The Morgan fingerprint density at radius 1 is 0.789 bits per heavy atom. The van der Waals surface area contributed by atoms with Crippen molar-refractivity contribution in [3.63, 3.8) is 0 Å². The molecule has 1 rings (SSSR count). The van der Waals surface area contributed by atoms with Crippen LogP contribution in [0, 0.1) is 0 Å². The Balaban J connectivity index is 3.53. The largest absolute Gasteiger partial charge is 0.227 e. The third kappa shape index (κ3) is 2.43. The average molecular weight is 304 g/mol. The van der Waals surface area contributed by atoms with Gasteiger partial charge in [0, 0.05) is 0 Å². The maximum atomic E-state index is 12.6. The highest BCUT2D eigenvalue weighted by atomic mass is 32.3. The van der Waals surface area contributed by atoms with E-state index in [0.29, 0.717) is 0 Å². The van der Waals surface area contributed by atoms with Gasteiger partial charge in [0.1, 0.15) is 0 Å². The molecule has 0 saturated carbocycles. The summed E-state index contributed by atoms with van der Waals surface area (Å²) in [6, 6.07) is 7.66.